The van der Waals surface area contributed by atoms with E-state index in [2.05, 4.69) is 39.6 Å². The van der Waals surface area contributed by atoms with Crippen LogP contribution in [0.2, 0.25) is 0 Å². The van der Waals surface area contributed by atoms with Crippen LogP contribution in [0, 0.1) is 4.91 Å². The third-order valence-electron chi connectivity index (χ3n) is 2.64. The predicted octanol–water partition coefficient (Wildman–Crippen LogP) is 2.88. The molecule has 0 aliphatic rings. The van der Waals surface area contributed by atoms with Gasteiger partial charge in [0.15, 0.2) is 17.3 Å². The lowest BCUT2D eigenvalue weighted by atomic mass is 10.3. The molecule has 1 aromatic rings. The summed E-state index contributed by atoms with van der Waals surface area (Å²) in [6, 6.07) is 0. The van der Waals surface area contributed by atoms with E-state index in [4.69, 9.17) is 5.73 Å². The van der Waals surface area contributed by atoms with Crippen LogP contribution in [0.5, 0.6) is 0 Å². The van der Waals surface area contributed by atoms with Gasteiger partial charge >= 0.3 is 0 Å². The molecule has 0 spiro atoms. The average Bonchev–Trinajstić information content (AvgIpc) is 2.39. The van der Waals surface area contributed by atoms with E-state index in [-0.39, 0.29) is 11.6 Å². The Bertz CT molecular complexity index is 378. The van der Waals surface area contributed by atoms with E-state index in [1.807, 2.05) is 0 Å². The first kappa shape index (κ1) is 15.1. The predicted molar refractivity (Wildman–Crippen MR) is 78.7 cm³/mol. The molecule has 7 heteroatoms. The van der Waals surface area contributed by atoms with Crippen molar-refractivity contribution in [2.45, 2.75) is 39.5 Å². The van der Waals surface area contributed by atoms with Gasteiger partial charge in [0.2, 0.25) is 5.95 Å². The van der Waals surface area contributed by atoms with Crippen LogP contribution in [0.4, 0.5) is 23.3 Å². The molecule has 106 valence electrons. The molecule has 0 saturated carbocycles. The first-order chi connectivity index (χ1) is 9.22. The number of nitrogens with one attached hydrogen (secondary N) is 2. The molecule has 1 aromatic heterocycles. The normalized spacial score (nSPS) is 10.2. The minimum atomic E-state index is 0.130. The number of nitrogens with two attached hydrogens (primary N) is 1. The van der Waals surface area contributed by atoms with Crippen molar-refractivity contribution in [1.29, 1.82) is 0 Å². The molecule has 0 bridgehead atoms. The first-order valence-electron chi connectivity index (χ1n) is 6.71. The van der Waals surface area contributed by atoms with Crippen molar-refractivity contribution >= 4 is 23.3 Å². The highest BCUT2D eigenvalue weighted by molar-refractivity contribution is 5.75. The quantitative estimate of drug-likeness (QED) is 0.469. The van der Waals surface area contributed by atoms with Crippen LogP contribution in [0.25, 0.3) is 0 Å². The lowest BCUT2D eigenvalue weighted by Gasteiger charge is -2.11. The molecule has 0 radical (unpaired) electrons. The molecule has 0 aliphatic heterocycles. The highest BCUT2D eigenvalue weighted by Crippen LogP contribution is 2.31. The maximum atomic E-state index is 11.0. The number of nitrogens with zero attached hydrogens (tertiary/aromatic N) is 3. The van der Waals surface area contributed by atoms with Crippen LogP contribution in [0.1, 0.15) is 39.5 Å². The van der Waals surface area contributed by atoms with Gasteiger partial charge in [-0.25, -0.2) is 0 Å². The van der Waals surface area contributed by atoms with E-state index in [1.54, 1.807) is 0 Å². The number of aromatic nitrogens is 2. The number of hydrogen-bond acceptors (Lipinski definition) is 7. The molecule has 0 atom stereocenters. The van der Waals surface area contributed by atoms with Crippen molar-refractivity contribution < 1.29 is 0 Å². The molecule has 1 rings (SSSR count). The molecule has 19 heavy (non-hydrogen) atoms. The number of unbranched alkanes of at least 4 members (excludes halogenated alkanes) is 2. The maximum Gasteiger partial charge on any atom is 0.224 e. The largest absolute Gasteiger partial charge is 0.368 e. The summed E-state index contributed by atoms with van der Waals surface area (Å²) in [6.07, 6.45) is 4.08. The Balaban J connectivity index is 2.86. The van der Waals surface area contributed by atoms with Gasteiger partial charge in [-0.2, -0.15) is 9.97 Å². The minimum Gasteiger partial charge on any atom is -0.368 e. The Hall–Kier alpha value is -1.92. The third-order valence-corrected chi connectivity index (χ3v) is 2.64. The van der Waals surface area contributed by atoms with Gasteiger partial charge in [0, 0.05) is 13.1 Å². The van der Waals surface area contributed by atoms with Gasteiger partial charge in [-0.15, -0.1) is 4.91 Å². The van der Waals surface area contributed by atoms with Crippen LogP contribution in [0.15, 0.2) is 5.18 Å². The monoisotopic (exact) mass is 266 g/mol. The van der Waals surface area contributed by atoms with Crippen molar-refractivity contribution in [2.75, 3.05) is 29.5 Å². The summed E-state index contributed by atoms with van der Waals surface area (Å²) < 4.78 is 0. The number of rotatable bonds is 9. The smallest absolute Gasteiger partial charge is 0.224 e. The van der Waals surface area contributed by atoms with Gasteiger partial charge in [-0.05, 0) is 18.0 Å². The topological polar surface area (TPSA) is 105 Å². The fraction of sp³-hybridized carbons (Fsp3) is 0.667. The van der Waals surface area contributed by atoms with E-state index < -0.39 is 0 Å². The SMILES string of the molecule is CCCCNc1nc(N)nc(NCCCC)c1N=O. The van der Waals surface area contributed by atoms with E-state index in [1.165, 1.54) is 0 Å². The highest BCUT2D eigenvalue weighted by Gasteiger charge is 2.13. The molecule has 0 unspecified atom stereocenters. The second-order valence-electron chi connectivity index (χ2n) is 4.28. The van der Waals surface area contributed by atoms with Gasteiger partial charge in [0.05, 0.1) is 0 Å². The standard InChI is InChI=1S/C12H22N6O/c1-3-5-7-14-10-9(18-19)11(15-8-6-4-2)17-12(13)16-10/h3-8H2,1-2H3,(H4,13,14,15,16,17). The molecule has 1 heterocycles. The molecule has 0 saturated heterocycles. The van der Waals surface area contributed by atoms with Crippen LogP contribution >= 0.6 is 0 Å². The van der Waals surface area contributed by atoms with Crippen LogP contribution in [-0.4, -0.2) is 23.1 Å². The van der Waals surface area contributed by atoms with E-state index in [0.717, 1.165) is 38.8 Å². The average molecular weight is 266 g/mol. The van der Waals surface area contributed by atoms with Crippen LogP contribution in [-0.2, 0) is 0 Å². The summed E-state index contributed by atoms with van der Waals surface area (Å²) in [7, 11) is 0. The Labute approximate surface area is 113 Å². The lowest BCUT2D eigenvalue weighted by molar-refractivity contribution is 0.826. The Morgan fingerprint density at radius 1 is 1.05 bits per heavy atom. The summed E-state index contributed by atoms with van der Waals surface area (Å²) in [4.78, 5) is 19.0. The zero-order valence-corrected chi connectivity index (χ0v) is 11.6. The van der Waals surface area contributed by atoms with Crippen molar-refractivity contribution in [1.82, 2.24) is 9.97 Å². The summed E-state index contributed by atoms with van der Waals surface area (Å²) in [5.74, 6) is 0.926. The summed E-state index contributed by atoms with van der Waals surface area (Å²) in [5.41, 5.74) is 5.84. The highest BCUT2D eigenvalue weighted by atomic mass is 16.3. The zero-order chi connectivity index (χ0) is 14.1. The number of hydrogen-bond donors (Lipinski definition) is 3. The lowest BCUT2D eigenvalue weighted by Crippen LogP contribution is -2.10. The van der Waals surface area contributed by atoms with Crippen molar-refractivity contribution in [2.24, 2.45) is 5.18 Å². The summed E-state index contributed by atoms with van der Waals surface area (Å²) in [6.45, 7) is 5.63. The second-order valence-corrected chi connectivity index (χ2v) is 4.28. The van der Waals surface area contributed by atoms with Crippen LogP contribution in [0.3, 0.4) is 0 Å². The van der Waals surface area contributed by atoms with Crippen molar-refractivity contribution in [3.8, 4) is 0 Å². The molecule has 0 fully saturated rings. The second kappa shape index (κ2) is 8.23. The fourth-order valence-corrected chi connectivity index (χ4v) is 1.57. The molecular weight excluding hydrogens is 244 g/mol. The van der Waals surface area contributed by atoms with Gasteiger partial charge in [0.1, 0.15) is 0 Å². The van der Waals surface area contributed by atoms with E-state index >= 15 is 0 Å². The molecule has 0 aliphatic carbocycles. The van der Waals surface area contributed by atoms with Gasteiger partial charge in [0.25, 0.3) is 0 Å². The third kappa shape index (κ3) is 4.69. The summed E-state index contributed by atoms with van der Waals surface area (Å²) >= 11 is 0. The Morgan fingerprint density at radius 2 is 1.53 bits per heavy atom. The molecular formula is C12H22N6O. The van der Waals surface area contributed by atoms with Crippen LogP contribution < -0.4 is 16.4 Å². The molecule has 4 N–H and O–H groups in total. The minimum absolute atomic E-state index is 0.130. The van der Waals surface area contributed by atoms with E-state index in [0.29, 0.717) is 11.6 Å². The Kier molecular flexibility index (Phi) is 6.56. The van der Waals surface area contributed by atoms with Gasteiger partial charge in [-0.3, -0.25) is 0 Å². The summed E-state index contributed by atoms with van der Waals surface area (Å²) in [5, 5.41) is 9.16. The van der Waals surface area contributed by atoms with E-state index in [9.17, 15) is 4.91 Å². The van der Waals surface area contributed by atoms with Crippen molar-refractivity contribution in [3.05, 3.63) is 4.91 Å². The number of nitrogen functional groups attached to an aromatic ring is 1. The molecule has 7 nitrogen and oxygen atoms in total. The van der Waals surface area contributed by atoms with Gasteiger partial charge in [-0.1, -0.05) is 26.7 Å². The maximum absolute atomic E-state index is 11.0. The number of nitroso groups, excluding NO2 is 1. The molecule has 0 aromatic carbocycles. The first-order valence-corrected chi connectivity index (χ1v) is 6.71. The van der Waals surface area contributed by atoms with Crippen molar-refractivity contribution in [3.63, 3.8) is 0 Å². The van der Waals surface area contributed by atoms with Gasteiger partial charge < -0.3 is 16.4 Å². The Morgan fingerprint density at radius 3 is 1.89 bits per heavy atom. The fourth-order valence-electron chi connectivity index (χ4n) is 1.57. The number of anilines is 3. The molecule has 0 amide bonds. The zero-order valence-electron chi connectivity index (χ0n) is 11.6.